The Balaban J connectivity index is 1.70. The summed E-state index contributed by atoms with van der Waals surface area (Å²) in [6, 6.07) is 7.05. The van der Waals surface area contributed by atoms with Crippen LogP contribution in [0, 0.1) is 0 Å². The van der Waals surface area contributed by atoms with E-state index in [1.807, 2.05) is 26.0 Å². The second-order valence-corrected chi connectivity index (χ2v) is 6.77. The lowest BCUT2D eigenvalue weighted by Crippen LogP contribution is -2.40. The Kier molecular flexibility index (Phi) is 5.44. The van der Waals surface area contributed by atoms with Crippen molar-refractivity contribution in [1.29, 1.82) is 0 Å². The highest BCUT2D eigenvalue weighted by Gasteiger charge is 2.36. The highest BCUT2D eigenvalue weighted by Crippen LogP contribution is 2.32. The summed E-state index contributed by atoms with van der Waals surface area (Å²) >= 11 is 0. The number of hydrogen-bond donors (Lipinski definition) is 0. The lowest BCUT2D eigenvalue weighted by molar-refractivity contribution is -0.139. The largest absolute Gasteiger partial charge is 0.497 e. The topological polar surface area (TPSA) is 77.7 Å². The third-order valence-electron chi connectivity index (χ3n) is 4.50. The molecule has 0 bridgehead atoms. The number of ether oxygens (including phenoxy) is 2. The summed E-state index contributed by atoms with van der Waals surface area (Å²) in [4.78, 5) is 19.1. The zero-order chi connectivity index (χ0) is 18.7. The fourth-order valence-electron chi connectivity index (χ4n) is 3.07. The molecule has 1 saturated heterocycles. The standard InChI is InChI=1S/C19H25N3O4/c1-12(2)17-20-18(26-21-17)16-9-6-10-22(16)19(23)13(3)25-15-8-5-7-14(11-15)24-4/h5,7-8,11-13,16H,6,9-10H2,1-4H3/t13-,16-/m1/s1. The molecule has 0 aliphatic carbocycles. The van der Waals surface area contributed by atoms with Crippen molar-refractivity contribution in [2.24, 2.45) is 0 Å². The normalized spacial score (nSPS) is 18.2. The van der Waals surface area contributed by atoms with Crippen molar-refractivity contribution in [3.63, 3.8) is 0 Å². The molecule has 1 aromatic carbocycles. The molecule has 0 spiro atoms. The number of amides is 1. The summed E-state index contributed by atoms with van der Waals surface area (Å²) in [6.45, 7) is 6.44. The number of carbonyl (C=O) groups excluding carboxylic acids is 1. The maximum Gasteiger partial charge on any atom is 0.264 e. The second-order valence-electron chi connectivity index (χ2n) is 6.77. The van der Waals surface area contributed by atoms with E-state index >= 15 is 0 Å². The summed E-state index contributed by atoms with van der Waals surface area (Å²) in [7, 11) is 1.60. The minimum Gasteiger partial charge on any atom is -0.497 e. The van der Waals surface area contributed by atoms with Crippen LogP contribution in [-0.2, 0) is 4.79 Å². The Morgan fingerprint density at radius 3 is 2.77 bits per heavy atom. The average molecular weight is 359 g/mol. The molecule has 1 aliphatic heterocycles. The molecule has 140 valence electrons. The predicted molar refractivity (Wildman–Crippen MR) is 95.2 cm³/mol. The first kappa shape index (κ1) is 18.2. The molecular weight excluding hydrogens is 334 g/mol. The third-order valence-corrected chi connectivity index (χ3v) is 4.50. The summed E-state index contributed by atoms with van der Waals surface area (Å²) < 4.78 is 16.4. The first-order valence-corrected chi connectivity index (χ1v) is 8.94. The number of methoxy groups -OCH3 is 1. The van der Waals surface area contributed by atoms with Gasteiger partial charge in [0.25, 0.3) is 5.91 Å². The van der Waals surface area contributed by atoms with Crippen LogP contribution < -0.4 is 9.47 Å². The molecule has 0 unspecified atom stereocenters. The number of rotatable bonds is 6. The van der Waals surface area contributed by atoms with Gasteiger partial charge >= 0.3 is 0 Å². The lowest BCUT2D eigenvalue weighted by atomic mass is 10.2. The average Bonchev–Trinajstić information content (AvgIpc) is 3.30. The van der Waals surface area contributed by atoms with Gasteiger partial charge in [0.05, 0.1) is 7.11 Å². The molecule has 2 heterocycles. The quantitative estimate of drug-likeness (QED) is 0.787. The Morgan fingerprint density at radius 1 is 1.31 bits per heavy atom. The Morgan fingerprint density at radius 2 is 2.08 bits per heavy atom. The number of nitrogens with zero attached hydrogens (tertiary/aromatic N) is 3. The number of likely N-dealkylation sites (tertiary alicyclic amines) is 1. The number of hydrogen-bond acceptors (Lipinski definition) is 6. The van der Waals surface area contributed by atoms with Crippen molar-refractivity contribution in [3.05, 3.63) is 36.0 Å². The van der Waals surface area contributed by atoms with Crippen LogP contribution >= 0.6 is 0 Å². The molecule has 1 fully saturated rings. The molecule has 26 heavy (non-hydrogen) atoms. The van der Waals surface area contributed by atoms with Gasteiger partial charge in [-0.05, 0) is 31.9 Å². The van der Waals surface area contributed by atoms with Crippen LogP contribution in [0.5, 0.6) is 11.5 Å². The first-order chi connectivity index (χ1) is 12.5. The fourth-order valence-corrected chi connectivity index (χ4v) is 3.07. The first-order valence-electron chi connectivity index (χ1n) is 8.94. The summed E-state index contributed by atoms with van der Waals surface area (Å²) in [6.07, 6.45) is 1.11. The van der Waals surface area contributed by atoms with E-state index < -0.39 is 6.10 Å². The second kappa shape index (κ2) is 7.76. The fraction of sp³-hybridized carbons (Fsp3) is 0.526. The van der Waals surface area contributed by atoms with Crippen molar-refractivity contribution < 1.29 is 18.8 Å². The van der Waals surface area contributed by atoms with E-state index in [1.54, 1.807) is 31.1 Å². The molecule has 1 amide bonds. The molecule has 0 saturated carbocycles. The van der Waals surface area contributed by atoms with E-state index in [0.717, 1.165) is 12.8 Å². The van der Waals surface area contributed by atoms with E-state index in [9.17, 15) is 4.79 Å². The molecule has 2 aromatic rings. The molecule has 1 aromatic heterocycles. The minimum atomic E-state index is -0.616. The number of carbonyl (C=O) groups is 1. The van der Waals surface area contributed by atoms with E-state index in [2.05, 4.69) is 10.1 Å². The maximum atomic E-state index is 12.9. The number of benzene rings is 1. The van der Waals surface area contributed by atoms with Gasteiger partial charge in [0.2, 0.25) is 5.89 Å². The minimum absolute atomic E-state index is 0.0837. The summed E-state index contributed by atoms with van der Waals surface area (Å²) in [5.41, 5.74) is 0. The van der Waals surface area contributed by atoms with Crippen molar-refractivity contribution in [3.8, 4) is 11.5 Å². The van der Waals surface area contributed by atoms with Crippen LogP contribution in [-0.4, -0.2) is 40.7 Å². The molecule has 1 aliphatic rings. The van der Waals surface area contributed by atoms with Crippen molar-refractivity contribution in [2.75, 3.05) is 13.7 Å². The van der Waals surface area contributed by atoms with Crippen LogP contribution in [0.1, 0.15) is 57.3 Å². The van der Waals surface area contributed by atoms with Gasteiger partial charge in [0.1, 0.15) is 17.5 Å². The van der Waals surface area contributed by atoms with E-state index in [4.69, 9.17) is 14.0 Å². The summed E-state index contributed by atoms with van der Waals surface area (Å²) in [5.74, 6) is 2.57. The highest BCUT2D eigenvalue weighted by molar-refractivity contribution is 5.81. The smallest absolute Gasteiger partial charge is 0.264 e. The SMILES string of the molecule is COc1cccc(O[C@H](C)C(=O)N2CCC[C@@H]2c2nc(C(C)C)no2)c1. The van der Waals surface area contributed by atoms with Gasteiger partial charge in [-0.15, -0.1) is 0 Å². The number of aromatic nitrogens is 2. The Labute approximate surface area is 153 Å². The van der Waals surface area contributed by atoms with Crippen LogP contribution in [0.4, 0.5) is 0 Å². The monoisotopic (exact) mass is 359 g/mol. The van der Waals surface area contributed by atoms with Gasteiger partial charge in [-0.25, -0.2) is 0 Å². The Bertz CT molecular complexity index is 759. The predicted octanol–water partition coefficient (Wildman–Crippen LogP) is 3.33. The van der Waals surface area contributed by atoms with Gasteiger partial charge in [-0.2, -0.15) is 4.98 Å². The zero-order valence-corrected chi connectivity index (χ0v) is 15.6. The lowest BCUT2D eigenvalue weighted by Gasteiger charge is -2.25. The molecule has 0 radical (unpaired) electrons. The van der Waals surface area contributed by atoms with Crippen molar-refractivity contribution in [1.82, 2.24) is 15.0 Å². The highest BCUT2D eigenvalue weighted by atomic mass is 16.5. The van der Waals surface area contributed by atoms with Gasteiger partial charge in [-0.3, -0.25) is 4.79 Å². The van der Waals surface area contributed by atoms with Gasteiger partial charge in [-0.1, -0.05) is 25.1 Å². The van der Waals surface area contributed by atoms with Gasteiger partial charge in [0.15, 0.2) is 11.9 Å². The molecular formula is C19H25N3O4. The molecule has 0 N–H and O–H groups in total. The van der Waals surface area contributed by atoms with E-state index in [-0.39, 0.29) is 17.9 Å². The van der Waals surface area contributed by atoms with Crippen LogP contribution in [0.3, 0.4) is 0 Å². The molecule has 7 heteroatoms. The van der Waals surface area contributed by atoms with Crippen molar-refractivity contribution in [2.45, 2.75) is 51.7 Å². The third kappa shape index (κ3) is 3.81. The van der Waals surface area contributed by atoms with Crippen molar-refractivity contribution >= 4 is 5.91 Å². The van der Waals surface area contributed by atoms with Crippen LogP contribution in [0.2, 0.25) is 0 Å². The van der Waals surface area contributed by atoms with Crippen LogP contribution in [0.25, 0.3) is 0 Å². The molecule has 3 rings (SSSR count). The van der Waals surface area contributed by atoms with Gasteiger partial charge in [0, 0.05) is 18.5 Å². The zero-order valence-electron chi connectivity index (χ0n) is 15.6. The van der Waals surface area contributed by atoms with Crippen LogP contribution in [0.15, 0.2) is 28.8 Å². The molecule has 2 atom stereocenters. The Hall–Kier alpha value is -2.57. The van der Waals surface area contributed by atoms with Gasteiger partial charge < -0.3 is 18.9 Å². The van der Waals surface area contributed by atoms with E-state index in [0.29, 0.717) is 29.8 Å². The maximum absolute atomic E-state index is 12.9. The van der Waals surface area contributed by atoms with E-state index in [1.165, 1.54) is 0 Å². The molecule has 7 nitrogen and oxygen atoms in total. The summed E-state index contributed by atoms with van der Waals surface area (Å²) in [5, 5.41) is 4.02.